The predicted molar refractivity (Wildman–Crippen MR) is 149 cm³/mol. The Labute approximate surface area is 238 Å². The van der Waals surface area contributed by atoms with Crippen LogP contribution in [0.3, 0.4) is 0 Å². The zero-order valence-corrected chi connectivity index (χ0v) is 25.3. The van der Waals surface area contributed by atoms with Gasteiger partial charge in [0, 0.05) is 23.2 Å². The van der Waals surface area contributed by atoms with Crippen LogP contribution in [0.4, 0.5) is 0 Å². The number of halogens is 2. The molecule has 5 rings (SSSR count). The van der Waals surface area contributed by atoms with E-state index in [9.17, 15) is 14.7 Å². The molecule has 10 atom stereocenters. The number of unbranched alkanes of at least 4 members (excludes halogenated alkanes) is 1. The van der Waals surface area contributed by atoms with Gasteiger partial charge < -0.3 is 14.6 Å². The average molecular weight is 570 g/mol. The fourth-order valence-electron chi connectivity index (χ4n) is 9.74. The number of hydrogen-bond donors (Lipinski definition) is 1. The van der Waals surface area contributed by atoms with Crippen LogP contribution in [0, 0.1) is 34.5 Å². The molecule has 5 nitrogen and oxygen atoms in total. The minimum atomic E-state index is -1.79. The van der Waals surface area contributed by atoms with E-state index in [0.29, 0.717) is 19.3 Å². The minimum absolute atomic E-state index is 0.0813. The Morgan fingerprint density at radius 2 is 1.87 bits per heavy atom. The SMILES string of the molecule is CCCCC(CCC)C1(O)OCC(=O)[C@@]2(O1)[C@H](C)C[C@H]1[C@@H]3CCC4=CC(=O)CC[C@]4(C)[C@@]3(Cl)[C@@H](Cl)C[C@@]12C. The summed E-state index contributed by atoms with van der Waals surface area (Å²) in [4.78, 5) is 25.6. The second-order valence-corrected chi connectivity index (χ2v) is 14.7. The topological polar surface area (TPSA) is 72.8 Å². The monoisotopic (exact) mass is 568 g/mol. The molecule has 1 aliphatic heterocycles. The first-order valence-electron chi connectivity index (χ1n) is 15.0. The lowest BCUT2D eigenvalue weighted by Crippen LogP contribution is -2.72. The van der Waals surface area contributed by atoms with Crippen molar-refractivity contribution in [3.8, 4) is 0 Å². The molecule has 0 aromatic carbocycles. The van der Waals surface area contributed by atoms with Crippen LogP contribution < -0.4 is 0 Å². The highest BCUT2D eigenvalue weighted by atomic mass is 35.5. The standard InChI is InChI=1S/C31H46Cl2O5/c1-6-8-10-20(9-7-2)31(36)37-18-26(35)30(38-31)19(3)15-24-23-12-11-21-16-22(34)13-14-27(21,4)29(23,33)25(32)17-28(24,30)5/h16,19-20,23-25,36H,6-15,17-18H2,1-5H3/t19-,20?,23+,24+,25+,27+,28+,29+,30+,31?/m1/s1. The Balaban J connectivity index is 1.55. The molecule has 214 valence electrons. The fraction of sp³-hybridized carbons (Fsp3) is 0.871. The lowest BCUT2D eigenvalue weighted by molar-refractivity contribution is -0.440. The third-order valence-electron chi connectivity index (χ3n) is 11.7. The first kappa shape index (κ1) is 29.0. The Bertz CT molecular complexity index is 1010. The molecular formula is C31H46Cl2O5. The molecule has 4 fully saturated rings. The van der Waals surface area contributed by atoms with Crippen LogP contribution in [0.5, 0.6) is 0 Å². The summed E-state index contributed by atoms with van der Waals surface area (Å²) in [7, 11) is 0. The molecule has 1 spiro atoms. The summed E-state index contributed by atoms with van der Waals surface area (Å²) < 4.78 is 12.6. The van der Waals surface area contributed by atoms with E-state index in [1.165, 1.54) is 0 Å². The number of ketones is 2. The van der Waals surface area contributed by atoms with Crippen LogP contribution >= 0.6 is 23.2 Å². The number of rotatable bonds is 6. The van der Waals surface area contributed by atoms with Crippen molar-refractivity contribution < 1.29 is 24.2 Å². The minimum Gasteiger partial charge on any atom is -0.343 e. The summed E-state index contributed by atoms with van der Waals surface area (Å²) in [6.45, 7) is 10.6. The van der Waals surface area contributed by atoms with E-state index in [2.05, 4.69) is 34.6 Å². The molecule has 7 heteroatoms. The van der Waals surface area contributed by atoms with E-state index in [4.69, 9.17) is 32.7 Å². The molecule has 0 aromatic heterocycles. The average Bonchev–Trinajstić information content (AvgIpc) is 3.07. The van der Waals surface area contributed by atoms with Crippen molar-refractivity contribution in [2.24, 2.45) is 34.5 Å². The molecule has 4 aliphatic carbocycles. The highest BCUT2D eigenvalue weighted by molar-refractivity contribution is 6.33. The second-order valence-electron chi connectivity index (χ2n) is 13.5. The van der Waals surface area contributed by atoms with Gasteiger partial charge in [-0.2, -0.15) is 0 Å². The maximum absolute atomic E-state index is 14.0. The third-order valence-corrected chi connectivity index (χ3v) is 13.3. The summed E-state index contributed by atoms with van der Waals surface area (Å²) >= 11 is 15.1. The molecule has 5 aliphatic rings. The molecule has 2 unspecified atom stereocenters. The highest BCUT2D eigenvalue weighted by Gasteiger charge is 2.77. The molecule has 1 heterocycles. The van der Waals surface area contributed by atoms with Gasteiger partial charge in [-0.1, -0.05) is 59.5 Å². The Morgan fingerprint density at radius 3 is 2.55 bits per heavy atom. The Morgan fingerprint density at radius 1 is 1.13 bits per heavy atom. The van der Waals surface area contributed by atoms with Crippen molar-refractivity contribution in [3.05, 3.63) is 11.6 Å². The van der Waals surface area contributed by atoms with Crippen LogP contribution in [0.25, 0.3) is 0 Å². The van der Waals surface area contributed by atoms with Crippen molar-refractivity contribution in [1.29, 1.82) is 0 Å². The number of allylic oxidation sites excluding steroid dienone is 1. The van der Waals surface area contributed by atoms with Crippen molar-refractivity contribution in [3.63, 3.8) is 0 Å². The van der Waals surface area contributed by atoms with Crippen LogP contribution in [-0.4, -0.2) is 45.1 Å². The molecule has 1 saturated heterocycles. The zero-order valence-electron chi connectivity index (χ0n) is 23.8. The number of ether oxygens (including phenoxy) is 2. The van der Waals surface area contributed by atoms with E-state index in [1.807, 2.05) is 6.08 Å². The van der Waals surface area contributed by atoms with Gasteiger partial charge in [-0.3, -0.25) is 9.59 Å². The highest BCUT2D eigenvalue weighted by Crippen LogP contribution is 2.74. The van der Waals surface area contributed by atoms with Gasteiger partial charge in [-0.15, -0.1) is 23.2 Å². The van der Waals surface area contributed by atoms with Gasteiger partial charge in [-0.05, 0) is 68.8 Å². The zero-order chi connectivity index (χ0) is 27.7. The van der Waals surface area contributed by atoms with Crippen molar-refractivity contribution in [2.75, 3.05) is 6.61 Å². The summed E-state index contributed by atoms with van der Waals surface area (Å²) in [5.74, 6) is -1.79. The first-order valence-corrected chi connectivity index (χ1v) is 15.8. The molecule has 0 bridgehead atoms. The molecular weight excluding hydrogens is 523 g/mol. The maximum atomic E-state index is 14.0. The molecule has 0 amide bonds. The van der Waals surface area contributed by atoms with Crippen molar-refractivity contribution in [1.82, 2.24) is 0 Å². The van der Waals surface area contributed by atoms with Gasteiger partial charge in [0.1, 0.15) is 12.2 Å². The number of carbonyl (C=O) groups is 2. The Kier molecular flexibility index (Phi) is 7.51. The van der Waals surface area contributed by atoms with E-state index in [0.717, 1.165) is 56.9 Å². The largest absolute Gasteiger partial charge is 0.343 e. The number of carbonyl (C=O) groups excluding carboxylic acids is 2. The van der Waals surface area contributed by atoms with Gasteiger partial charge in [0.25, 0.3) is 5.97 Å². The lowest BCUT2D eigenvalue weighted by Gasteiger charge is -2.65. The molecule has 38 heavy (non-hydrogen) atoms. The van der Waals surface area contributed by atoms with Crippen molar-refractivity contribution in [2.45, 2.75) is 127 Å². The van der Waals surface area contributed by atoms with Crippen LogP contribution in [0.2, 0.25) is 0 Å². The van der Waals surface area contributed by atoms with Crippen LogP contribution in [-0.2, 0) is 19.1 Å². The molecule has 3 saturated carbocycles. The summed E-state index contributed by atoms with van der Waals surface area (Å²) in [5, 5.41) is 11.5. The van der Waals surface area contributed by atoms with Gasteiger partial charge in [-0.25, -0.2) is 0 Å². The first-order chi connectivity index (χ1) is 17.8. The lowest BCUT2D eigenvalue weighted by atomic mass is 9.45. The molecule has 0 aromatic rings. The summed E-state index contributed by atoms with van der Waals surface area (Å²) in [5.41, 5.74) is -0.971. The fourth-order valence-corrected chi connectivity index (χ4v) is 11.0. The summed E-state index contributed by atoms with van der Waals surface area (Å²) in [6.07, 6.45) is 10.5. The van der Waals surface area contributed by atoms with E-state index < -0.39 is 27.2 Å². The van der Waals surface area contributed by atoms with E-state index in [1.54, 1.807) is 0 Å². The van der Waals surface area contributed by atoms with Gasteiger partial charge >= 0.3 is 0 Å². The number of hydrogen-bond acceptors (Lipinski definition) is 5. The van der Waals surface area contributed by atoms with Crippen LogP contribution in [0.1, 0.15) is 105 Å². The van der Waals surface area contributed by atoms with Crippen LogP contribution in [0.15, 0.2) is 11.6 Å². The normalized spacial score (nSPS) is 49.3. The summed E-state index contributed by atoms with van der Waals surface area (Å²) in [6, 6.07) is 0. The predicted octanol–water partition coefficient (Wildman–Crippen LogP) is 6.95. The maximum Gasteiger partial charge on any atom is 0.284 e. The second kappa shape index (κ2) is 9.82. The molecule has 0 radical (unpaired) electrons. The Hall–Kier alpha value is -0.460. The number of fused-ring (bicyclic) bond motifs is 6. The van der Waals surface area contributed by atoms with Gasteiger partial charge in [0.05, 0.1) is 10.3 Å². The van der Waals surface area contributed by atoms with E-state index >= 15 is 0 Å². The smallest absolute Gasteiger partial charge is 0.284 e. The number of Topliss-reactive ketones (excluding diaryl/α,β-unsaturated/α-hetero) is 1. The van der Waals surface area contributed by atoms with Crippen molar-refractivity contribution >= 4 is 34.8 Å². The van der Waals surface area contributed by atoms with E-state index in [-0.39, 0.29) is 47.3 Å². The quantitative estimate of drug-likeness (QED) is 0.351. The number of aliphatic hydroxyl groups is 1. The van der Waals surface area contributed by atoms with Gasteiger partial charge in [0.2, 0.25) is 0 Å². The molecule has 1 N–H and O–H groups in total. The van der Waals surface area contributed by atoms with Gasteiger partial charge in [0.15, 0.2) is 11.6 Å². The number of alkyl halides is 2. The third kappa shape index (κ3) is 3.74.